The number of piperidine rings is 1. The van der Waals surface area contributed by atoms with E-state index in [-0.39, 0.29) is 105 Å². The number of methoxy groups -OCH3 is 3. The molecule has 2 heterocycles. The predicted molar refractivity (Wildman–Crippen MR) is 353 cm³/mol. The molecule has 0 radical (unpaired) electrons. The van der Waals surface area contributed by atoms with E-state index in [0.717, 1.165) is 0 Å². The average Bonchev–Trinajstić information content (AvgIpc) is 1.82. The number of anilines is 1. The maximum Gasteiger partial charge on any atom is 0.407 e. The molecule has 0 bridgehead atoms. The first kappa shape index (κ1) is 80.1. The SMILES string of the molecule is CC[C@H](C)[C@@H]([C@@H](CC(=O)N1CCC[C@H]1[C@H](OC)[C@@H](C)C(=O)N[C@H](CN=[N+]=[N-])Cc1ccc(NC(=O)[C@H](CCCNC(=O)OC(C)(C)C)NC(=O)[C@@H](NC(=O)CCC(=O)N2CCC(C(=O)OC)CC2)C(C)C)cc1)OC)N(C)C(=O)[C@@H](NC(=O)[C@H](C(C)C)N(C)C)C(C)C. The van der Waals surface area contributed by atoms with Crippen molar-refractivity contribution < 1.29 is 66.9 Å². The number of nitrogens with one attached hydrogen (secondary N) is 6. The molecule has 93 heavy (non-hydrogen) atoms. The van der Waals surface area contributed by atoms with Crippen LogP contribution in [-0.4, -0.2) is 214 Å². The van der Waals surface area contributed by atoms with E-state index in [4.69, 9.17) is 18.9 Å². The number of hydrogen-bond acceptors (Lipinski definition) is 16. The zero-order chi connectivity index (χ0) is 70.0. The van der Waals surface area contributed by atoms with E-state index in [1.54, 1.807) is 87.6 Å². The summed E-state index contributed by atoms with van der Waals surface area (Å²) < 4.78 is 22.3. The molecule has 2 aliphatic rings. The van der Waals surface area contributed by atoms with Gasteiger partial charge in [-0.25, -0.2) is 4.79 Å². The molecule has 0 aliphatic carbocycles. The minimum Gasteiger partial charge on any atom is -0.469 e. The Morgan fingerprint density at radius 1 is 0.742 bits per heavy atom. The van der Waals surface area contributed by atoms with Gasteiger partial charge in [0.1, 0.15) is 23.7 Å². The third-order valence-corrected chi connectivity index (χ3v) is 17.5. The van der Waals surface area contributed by atoms with Gasteiger partial charge < -0.3 is 65.5 Å². The quantitative estimate of drug-likeness (QED) is 0.0154. The molecule has 1 aromatic rings. The maximum atomic E-state index is 14.6. The van der Waals surface area contributed by atoms with Gasteiger partial charge >= 0.3 is 12.1 Å². The number of carbonyl (C=O) groups excluding carboxylic acids is 10. The molecule has 2 aliphatic heterocycles. The van der Waals surface area contributed by atoms with Gasteiger partial charge in [-0.3, -0.25) is 48.1 Å². The van der Waals surface area contributed by atoms with E-state index in [0.29, 0.717) is 63.0 Å². The molecule has 0 spiro atoms. The molecule has 27 heteroatoms. The van der Waals surface area contributed by atoms with Gasteiger partial charge in [0.25, 0.3) is 0 Å². The number of alkyl carbamates (subject to hydrolysis) is 1. The van der Waals surface area contributed by atoms with E-state index in [2.05, 4.69) is 41.9 Å². The second-order valence-corrected chi connectivity index (χ2v) is 27.1. The number of esters is 1. The van der Waals surface area contributed by atoms with Gasteiger partial charge in [-0.15, -0.1) is 0 Å². The third kappa shape index (κ3) is 25.3. The van der Waals surface area contributed by atoms with E-state index in [1.165, 1.54) is 21.3 Å². The van der Waals surface area contributed by atoms with E-state index < -0.39 is 102 Å². The Morgan fingerprint density at radius 2 is 1.38 bits per heavy atom. The number of ether oxygens (including phenoxy) is 4. The fraction of sp³-hybridized carbons (Fsp3) is 0.758. The molecule has 2 saturated heterocycles. The molecular weight excluding hydrogens is 1200 g/mol. The lowest BCUT2D eigenvalue weighted by atomic mass is 9.89. The molecule has 3 rings (SSSR count). The molecule has 0 unspecified atom stereocenters. The van der Waals surface area contributed by atoms with Crippen LogP contribution in [0.3, 0.4) is 0 Å². The molecule has 11 atom stereocenters. The van der Waals surface area contributed by atoms with Gasteiger partial charge in [0, 0.05) is 83.5 Å². The molecule has 1 aromatic carbocycles. The summed E-state index contributed by atoms with van der Waals surface area (Å²) in [7, 11) is 9.71. The Bertz CT molecular complexity index is 2670. The second kappa shape index (κ2) is 38.9. The standard InChI is InChI=1S/C66H111N13O14/c1-19-42(8)57(77(15)63(87)55(40(4)5)74-62(86)56(41(6)7)76(13)14)50(90-16)37-53(82)79-33-21-23-49(79)58(91-17)43(9)59(83)71-47(38-69-75-67)36-44-24-26-46(27-25-44)70-60(84)48(22-20-32-68-65(89)93-66(10,11)12)72-61(85)54(39(2)3)73-51(80)28-29-52(81)78-34-30-45(31-35-78)64(88)92-18/h24-27,39-43,45,47-50,54-58H,19-23,28-38H2,1-18H3,(H,68,89)(H,70,84)(H,71,83)(H,72,85)(H,73,80)(H,74,86)/t42-,43+,47-,48-,49-,50+,54-,55-,56-,57-,58+/m0/s1. The van der Waals surface area contributed by atoms with Crippen molar-refractivity contribution in [3.05, 3.63) is 40.3 Å². The van der Waals surface area contributed by atoms with Crippen LogP contribution in [0.5, 0.6) is 0 Å². The number of carbonyl (C=O) groups is 10. The highest BCUT2D eigenvalue weighted by atomic mass is 16.6. The summed E-state index contributed by atoms with van der Waals surface area (Å²) in [5.41, 5.74) is 9.71. The van der Waals surface area contributed by atoms with Crippen LogP contribution < -0.4 is 31.9 Å². The minimum absolute atomic E-state index is 0.00695. The molecule has 2 fully saturated rings. The summed E-state index contributed by atoms with van der Waals surface area (Å²) in [5, 5.41) is 20.9. The van der Waals surface area contributed by atoms with Crippen molar-refractivity contribution in [1.82, 2.24) is 46.2 Å². The highest BCUT2D eigenvalue weighted by Gasteiger charge is 2.44. The zero-order valence-corrected chi connectivity index (χ0v) is 58.6. The van der Waals surface area contributed by atoms with Gasteiger partial charge in [0.15, 0.2) is 0 Å². The van der Waals surface area contributed by atoms with Gasteiger partial charge in [0.2, 0.25) is 47.3 Å². The third-order valence-electron chi connectivity index (χ3n) is 17.5. The van der Waals surface area contributed by atoms with E-state index >= 15 is 0 Å². The van der Waals surface area contributed by atoms with E-state index in [1.807, 2.05) is 60.5 Å². The molecule has 524 valence electrons. The molecule has 0 saturated carbocycles. The monoisotopic (exact) mass is 1310 g/mol. The summed E-state index contributed by atoms with van der Waals surface area (Å²) in [6.07, 6.45) is 0.826. The van der Waals surface area contributed by atoms with Crippen LogP contribution in [0.1, 0.15) is 153 Å². The fourth-order valence-electron chi connectivity index (χ4n) is 12.3. The van der Waals surface area contributed by atoms with Crippen LogP contribution in [0.4, 0.5) is 10.5 Å². The first-order chi connectivity index (χ1) is 43.7. The van der Waals surface area contributed by atoms with Crippen LogP contribution in [0.25, 0.3) is 10.4 Å². The average molecular weight is 1310 g/mol. The topological polar surface area (TPSA) is 342 Å². The van der Waals surface area contributed by atoms with Gasteiger partial charge in [0.05, 0.1) is 55.7 Å². The smallest absolute Gasteiger partial charge is 0.407 e. The Hall–Kier alpha value is -7.09. The lowest BCUT2D eigenvalue weighted by molar-refractivity contribution is -0.149. The normalized spacial score (nSPS) is 17.7. The molecular formula is C66H111N13O14. The number of likely N-dealkylation sites (N-methyl/N-ethyl adjacent to an activating group) is 2. The summed E-state index contributed by atoms with van der Waals surface area (Å²) in [5.74, 6) is -5.36. The molecule has 9 amide bonds. The number of likely N-dealkylation sites (tertiary alicyclic amines) is 2. The molecule has 27 nitrogen and oxygen atoms in total. The zero-order valence-electron chi connectivity index (χ0n) is 58.6. The Morgan fingerprint density at radius 3 is 1.91 bits per heavy atom. The summed E-state index contributed by atoms with van der Waals surface area (Å²) in [4.78, 5) is 145. The van der Waals surface area contributed by atoms with Crippen molar-refractivity contribution in [3.8, 4) is 0 Å². The summed E-state index contributed by atoms with van der Waals surface area (Å²) >= 11 is 0. The number of nitrogens with zero attached hydrogens (tertiary/aromatic N) is 7. The van der Waals surface area contributed by atoms with Gasteiger partial charge in [-0.1, -0.05) is 86.0 Å². The van der Waals surface area contributed by atoms with Crippen molar-refractivity contribution in [1.29, 1.82) is 0 Å². The van der Waals surface area contributed by atoms with Crippen LogP contribution in [0.15, 0.2) is 29.4 Å². The predicted octanol–water partition coefficient (Wildman–Crippen LogP) is 5.73. The van der Waals surface area contributed by atoms with Gasteiger partial charge in [-0.05, 0) is 127 Å². The number of azide groups is 1. The highest BCUT2D eigenvalue weighted by Crippen LogP contribution is 2.30. The number of benzene rings is 1. The largest absolute Gasteiger partial charge is 0.469 e. The van der Waals surface area contributed by atoms with Crippen molar-refractivity contribution in [2.75, 3.05) is 80.5 Å². The Labute approximate surface area is 551 Å². The molecule has 6 N–H and O–H groups in total. The van der Waals surface area contributed by atoms with Crippen molar-refractivity contribution >= 4 is 65.0 Å². The Kier molecular flexibility index (Phi) is 33.6. The van der Waals surface area contributed by atoms with Crippen LogP contribution >= 0.6 is 0 Å². The van der Waals surface area contributed by atoms with Crippen LogP contribution in [0, 0.1) is 35.5 Å². The summed E-state index contributed by atoms with van der Waals surface area (Å²) in [6, 6.07) is 1.51. The lowest BCUT2D eigenvalue weighted by Gasteiger charge is -2.41. The van der Waals surface area contributed by atoms with Crippen molar-refractivity contribution in [2.45, 2.75) is 214 Å². The van der Waals surface area contributed by atoms with Gasteiger partial charge in [-0.2, -0.15) is 0 Å². The number of amides is 9. The fourth-order valence-corrected chi connectivity index (χ4v) is 12.3. The maximum absolute atomic E-state index is 14.6. The summed E-state index contributed by atoms with van der Waals surface area (Å²) in [6.45, 7) is 23.2. The minimum atomic E-state index is -1.15. The van der Waals surface area contributed by atoms with E-state index in [9.17, 15) is 53.5 Å². The first-order valence-corrected chi connectivity index (χ1v) is 33.0. The highest BCUT2D eigenvalue weighted by molar-refractivity contribution is 5.98. The van der Waals surface area contributed by atoms with Crippen molar-refractivity contribution in [2.24, 2.45) is 40.6 Å². The van der Waals surface area contributed by atoms with Crippen LogP contribution in [-0.2, 0) is 68.5 Å². The number of hydrogen-bond donors (Lipinski definition) is 6. The lowest BCUT2D eigenvalue weighted by Crippen LogP contribution is -2.59. The Balaban J connectivity index is 1.76. The van der Waals surface area contributed by atoms with Crippen molar-refractivity contribution in [3.63, 3.8) is 0 Å². The first-order valence-electron chi connectivity index (χ1n) is 33.0. The second-order valence-electron chi connectivity index (χ2n) is 27.1. The van der Waals surface area contributed by atoms with Crippen LogP contribution in [0.2, 0.25) is 0 Å². The number of rotatable bonds is 36. The molecule has 0 aromatic heterocycles.